The highest BCUT2D eigenvalue weighted by atomic mass is 16.5. The normalized spacial score (nSPS) is 13.5. The fraction of sp³-hybridized carbons (Fsp3) is 0.333. The van der Waals surface area contributed by atoms with Gasteiger partial charge in [-0.2, -0.15) is 0 Å². The van der Waals surface area contributed by atoms with Gasteiger partial charge in [0.15, 0.2) is 11.5 Å². The van der Waals surface area contributed by atoms with Crippen molar-refractivity contribution in [3.8, 4) is 11.5 Å². The topological polar surface area (TPSA) is 64.7 Å². The Hall–Kier alpha value is -2.04. The maximum absolute atomic E-state index is 10.4. The highest BCUT2D eigenvalue weighted by Crippen LogP contribution is 2.31. The van der Waals surface area contributed by atoms with Crippen LogP contribution in [0.5, 0.6) is 11.5 Å². The second-order valence-electron chi connectivity index (χ2n) is 5.13. The molecule has 0 aliphatic heterocycles. The van der Waals surface area contributed by atoms with E-state index in [2.05, 4.69) is 0 Å². The van der Waals surface area contributed by atoms with Crippen LogP contribution in [0.3, 0.4) is 0 Å². The molecule has 0 fully saturated rings. The molecule has 0 bridgehead atoms. The first-order chi connectivity index (χ1) is 10.7. The van der Waals surface area contributed by atoms with E-state index in [1.807, 2.05) is 55.5 Å². The van der Waals surface area contributed by atoms with Crippen LogP contribution in [-0.2, 0) is 6.42 Å². The highest BCUT2D eigenvalue weighted by Gasteiger charge is 2.19. The molecule has 0 aromatic heterocycles. The van der Waals surface area contributed by atoms with E-state index >= 15 is 0 Å². The van der Waals surface area contributed by atoms with Crippen molar-refractivity contribution in [2.45, 2.75) is 25.5 Å². The Morgan fingerprint density at radius 1 is 1.09 bits per heavy atom. The molecule has 0 heterocycles. The van der Waals surface area contributed by atoms with Gasteiger partial charge >= 0.3 is 0 Å². The van der Waals surface area contributed by atoms with Crippen molar-refractivity contribution in [1.82, 2.24) is 0 Å². The Morgan fingerprint density at radius 3 is 2.45 bits per heavy atom. The highest BCUT2D eigenvalue weighted by molar-refractivity contribution is 5.44. The molecule has 0 spiro atoms. The number of aliphatic hydroxyl groups is 1. The van der Waals surface area contributed by atoms with Crippen LogP contribution in [-0.4, -0.2) is 24.9 Å². The number of rotatable bonds is 7. The molecule has 2 aromatic rings. The Kier molecular flexibility index (Phi) is 5.81. The van der Waals surface area contributed by atoms with Gasteiger partial charge in [-0.15, -0.1) is 0 Å². The van der Waals surface area contributed by atoms with E-state index < -0.39 is 12.1 Å². The van der Waals surface area contributed by atoms with Crippen molar-refractivity contribution in [1.29, 1.82) is 0 Å². The summed E-state index contributed by atoms with van der Waals surface area (Å²) in [6.07, 6.45) is -0.151. The summed E-state index contributed by atoms with van der Waals surface area (Å²) in [6, 6.07) is 14.9. The molecule has 22 heavy (non-hydrogen) atoms. The zero-order chi connectivity index (χ0) is 15.9. The molecular weight excluding hydrogens is 278 g/mol. The largest absolute Gasteiger partial charge is 0.493 e. The molecule has 0 radical (unpaired) electrons. The van der Waals surface area contributed by atoms with E-state index in [0.717, 1.165) is 11.1 Å². The predicted molar refractivity (Wildman–Crippen MR) is 87.2 cm³/mol. The van der Waals surface area contributed by atoms with Gasteiger partial charge in [-0.1, -0.05) is 36.4 Å². The van der Waals surface area contributed by atoms with Crippen molar-refractivity contribution >= 4 is 0 Å². The van der Waals surface area contributed by atoms with Crippen LogP contribution in [0.15, 0.2) is 48.5 Å². The summed E-state index contributed by atoms with van der Waals surface area (Å²) >= 11 is 0. The number of ether oxygens (including phenoxy) is 2. The lowest BCUT2D eigenvalue weighted by Crippen LogP contribution is -2.28. The molecule has 0 unspecified atom stereocenters. The summed E-state index contributed by atoms with van der Waals surface area (Å²) in [7, 11) is 1.59. The van der Waals surface area contributed by atoms with Gasteiger partial charge in [0, 0.05) is 6.42 Å². The molecule has 0 saturated carbocycles. The maximum Gasteiger partial charge on any atom is 0.161 e. The smallest absolute Gasteiger partial charge is 0.161 e. The minimum atomic E-state index is -0.662. The van der Waals surface area contributed by atoms with Gasteiger partial charge in [-0.25, -0.2) is 0 Å². The van der Waals surface area contributed by atoms with Crippen LogP contribution < -0.4 is 15.2 Å². The minimum Gasteiger partial charge on any atom is -0.493 e. The van der Waals surface area contributed by atoms with Crippen molar-refractivity contribution in [2.75, 3.05) is 13.7 Å². The predicted octanol–water partition coefficient (Wildman–Crippen LogP) is 2.70. The lowest BCUT2D eigenvalue weighted by atomic mass is 9.96. The summed E-state index contributed by atoms with van der Waals surface area (Å²) in [5.41, 5.74) is 8.07. The van der Waals surface area contributed by atoms with Gasteiger partial charge < -0.3 is 20.3 Å². The zero-order valence-electron chi connectivity index (χ0n) is 13.0. The third kappa shape index (κ3) is 4.00. The molecule has 3 N–H and O–H groups in total. The summed E-state index contributed by atoms with van der Waals surface area (Å²) in [5.74, 6) is 1.31. The number of hydrogen-bond donors (Lipinski definition) is 2. The lowest BCUT2D eigenvalue weighted by molar-refractivity contribution is 0.145. The zero-order valence-corrected chi connectivity index (χ0v) is 13.0. The maximum atomic E-state index is 10.4. The molecule has 2 rings (SSSR count). The Bertz CT molecular complexity index is 586. The van der Waals surface area contributed by atoms with Gasteiger partial charge in [-0.3, -0.25) is 0 Å². The second kappa shape index (κ2) is 7.82. The first-order valence-corrected chi connectivity index (χ1v) is 7.44. The van der Waals surface area contributed by atoms with E-state index in [0.29, 0.717) is 24.5 Å². The first kappa shape index (κ1) is 16.3. The van der Waals surface area contributed by atoms with Crippen LogP contribution in [0, 0.1) is 0 Å². The van der Waals surface area contributed by atoms with E-state index in [9.17, 15) is 5.11 Å². The molecule has 118 valence electrons. The number of aliphatic hydroxyl groups excluding tert-OH is 1. The van der Waals surface area contributed by atoms with Crippen LogP contribution in [0.25, 0.3) is 0 Å². The average Bonchev–Trinajstić information content (AvgIpc) is 2.55. The van der Waals surface area contributed by atoms with Gasteiger partial charge in [-0.05, 0) is 30.2 Å². The van der Waals surface area contributed by atoms with Crippen molar-refractivity contribution < 1.29 is 14.6 Å². The molecule has 2 atom stereocenters. The number of methoxy groups -OCH3 is 1. The van der Waals surface area contributed by atoms with Crippen molar-refractivity contribution in [2.24, 2.45) is 5.73 Å². The fourth-order valence-electron chi connectivity index (χ4n) is 2.37. The van der Waals surface area contributed by atoms with Crippen LogP contribution in [0.2, 0.25) is 0 Å². The van der Waals surface area contributed by atoms with E-state index in [-0.39, 0.29) is 0 Å². The molecular formula is C18H23NO3. The summed E-state index contributed by atoms with van der Waals surface area (Å²) in [4.78, 5) is 0. The number of hydrogen-bond acceptors (Lipinski definition) is 4. The van der Waals surface area contributed by atoms with E-state index in [4.69, 9.17) is 15.2 Å². The summed E-state index contributed by atoms with van der Waals surface area (Å²) in [6.45, 7) is 2.49. The van der Waals surface area contributed by atoms with Crippen molar-refractivity contribution in [3.63, 3.8) is 0 Å². The van der Waals surface area contributed by atoms with Gasteiger partial charge in [0.25, 0.3) is 0 Å². The Labute approximate surface area is 131 Å². The van der Waals surface area contributed by atoms with E-state index in [1.54, 1.807) is 7.11 Å². The lowest BCUT2D eigenvalue weighted by Gasteiger charge is -2.20. The second-order valence-corrected chi connectivity index (χ2v) is 5.13. The monoisotopic (exact) mass is 301 g/mol. The molecule has 0 saturated heterocycles. The standard InChI is InChI=1S/C18H23NO3/c1-3-22-16-10-9-14(12-17(16)21-2)18(19)15(20)11-13-7-5-4-6-8-13/h4-10,12,15,18,20H,3,11,19H2,1-2H3/t15-,18+/m0/s1. The van der Waals surface area contributed by atoms with Gasteiger partial charge in [0.05, 0.1) is 25.9 Å². The molecule has 0 aliphatic carbocycles. The third-order valence-electron chi connectivity index (χ3n) is 3.57. The Balaban J connectivity index is 2.12. The quantitative estimate of drug-likeness (QED) is 0.825. The summed E-state index contributed by atoms with van der Waals surface area (Å²) < 4.78 is 10.8. The molecule has 2 aromatic carbocycles. The van der Waals surface area contributed by atoms with Gasteiger partial charge in [0.2, 0.25) is 0 Å². The molecule has 0 aliphatic rings. The number of benzene rings is 2. The first-order valence-electron chi connectivity index (χ1n) is 7.44. The molecule has 0 amide bonds. The van der Waals surface area contributed by atoms with Crippen LogP contribution in [0.1, 0.15) is 24.1 Å². The SMILES string of the molecule is CCOc1ccc([C@@H](N)[C@@H](O)Cc2ccccc2)cc1OC. The van der Waals surface area contributed by atoms with E-state index in [1.165, 1.54) is 0 Å². The van der Waals surface area contributed by atoms with Crippen molar-refractivity contribution in [3.05, 3.63) is 59.7 Å². The van der Waals surface area contributed by atoms with Crippen LogP contribution >= 0.6 is 0 Å². The average molecular weight is 301 g/mol. The van der Waals surface area contributed by atoms with Crippen LogP contribution in [0.4, 0.5) is 0 Å². The minimum absolute atomic E-state index is 0.482. The molecule has 4 nitrogen and oxygen atoms in total. The molecule has 4 heteroatoms. The third-order valence-corrected chi connectivity index (χ3v) is 3.57. The fourth-order valence-corrected chi connectivity index (χ4v) is 2.37. The summed E-state index contributed by atoms with van der Waals surface area (Å²) in [5, 5.41) is 10.4. The van der Waals surface area contributed by atoms with Gasteiger partial charge in [0.1, 0.15) is 0 Å². The number of nitrogens with two attached hydrogens (primary N) is 1. The Morgan fingerprint density at radius 2 is 1.82 bits per heavy atom.